The van der Waals surface area contributed by atoms with Gasteiger partial charge in [0.1, 0.15) is 5.75 Å². The van der Waals surface area contributed by atoms with Crippen LogP contribution >= 0.6 is 0 Å². The van der Waals surface area contributed by atoms with Crippen LogP contribution < -0.4 is 19.5 Å². The molecule has 4 rings (SSSR count). The van der Waals surface area contributed by atoms with Crippen molar-refractivity contribution in [1.82, 2.24) is 10.2 Å². The maximum Gasteiger partial charge on any atom is 0.258 e. The highest BCUT2D eigenvalue weighted by molar-refractivity contribution is 5.77. The molecule has 1 atom stereocenters. The van der Waals surface area contributed by atoms with Gasteiger partial charge in [-0.05, 0) is 80.7 Å². The van der Waals surface area contributed by atoms with Gasteiger partial charge in [-0.15, -0.1) is 0 Å². The van der Waals surface area contributed by atoms with Crippen molar-refractivity contribution in [3.8, 4) is 17.2 Å². The zero-order valence-corrected chi connectivity index (χ0v) is 17.1. The second kappa shape index (κ2) is 8.74. The third-order valence-electron chi connectivity index (χ3n) is 5.70. The minimum absolute atomic E-state index is 0.0103. The molecule has 2 aromatic carbocycles. The van der Waals surface area contributed by atoms with Gasteiger partial charge in [0.2, 0.25) is 6.79 Å². The first kappa shape index (κ1) is 19.6. The van der Waals surface area contributed by atoms with Gasteiger partial charge in [-0.2, -0.15) is 0 Å². The van der Waals surface area contributed by atoms with Crippen molar-refractivity contribution in [3.63, 3.8) is 0 Å². The van der Waals surface area contributed by atoms with Gasteiger partial charge in [0, 0.05) is 6.54 Å². The number of ether oxygens (including phenoxy) is 3. The Balaban J connectivity index is 1.37. The summed E-state index contributed by atoms with van der Waals surface area (Å²) >= 11 is 0. The first-order chi connectivity index (χ1) is 14.1. The number of benzene rings is 2. The number of fused-ring (bicyclic) bond motifs is 1. The van der Waals surface area contributed by atoms with Crippen LogP contribution in [-0.2, 0) is 4.79 Å². The Morgan fingerprint density at radius 2 is 1.86 bits per heavy atom. The van der Waals surface area contributed by atoms with E-state index in [4.69, 9.17) is 14.2 Å². The Kier molecular flexibility index (Phi) is 5.90. The molecule has 2 aliphatic rings. The zero-order chi connectivity index (χ0) is 20.2. The number of nitrogens with one attached hydrogen (secondary N) is 1. The van der Waals surface area contributed by atoms with Gasteiger partial charge in [0.05, 0.1) is 6.04 Å². The zero-order valence-electron chi connectivity index (χ0n) is 17.1. The topological polar surface area (TPSA) is 60.0 Å². The predicted octanol–water partition coefficient (Wildman–Crippen LogP) is 3.36. The number of aryl methyl sites for hydroxylation is 2. The van der Waals surface area contributed by atoms with Crippen molar-refractivity contribution in [1.29, 1.82) is 0 Å². The Bertz CT molecular complexity index is 877. The van der Waals surface area contributed by atoms with Crippen molar-refractivity contribution < 1.29 is 19.0 Å². The Hall–Kier alpha value is -2.73. The van der Waals surface area contributed by atoms with Gasteiger partial charge in [0.25, 0.3) is 5.91 Å². The van der Waals surface area contributed by atoms with E-state index in [0.29, 0.717) is 6.54 Å². The van der Waals surface area contributed by atoms with Crippen molar-refractivity contribution in [2.75, 3.05) is 33.0 Å². The monoisotopic (exact) mass is 396 g/mol. The number of carbonyl (C=O) groups excluding carboxylic acids is 1. The molecule has 1 unspecified atom stereocenters. The number of carbonyl (C=O) groups is 1. The summed E-state index contributed by atoms with van der Waals surface area (Å²) in [6.45, 7) is 6.97. The van der Waals surface area contributed by atoms with Crippen molar-refractivity contribution in [2.24, 2.45) is 0 Å². The molecular weight excluding hydrogens is 368 g/mol. The molecule has 1 saturated heterocycles. The summed E-state index contributed by atoms with van der Waals surface area (Å²) in [5.41, 5.74) is 3.49. The second-order valence-corrected chi connectivity index (χ2v) is 7.71. The minimum atomic E-state index is -0.117. The molecule has 2 aromatic rings. The number of hydrogen-bond acceptors (Lipinski definition) is 5. The first-order valence-corrected chi connectivity index (χ1v) is 10.2. The number of nitrogens with zero attached hydrogens (tertiary/aromatic N) is 1. The number of rotatable bonds is 7. The molecule has 0 aliphatic carbocycles. The van der Waals surface area contributed by atoms with Crippen LogP contribution in [0.15, 0.2) is 36.4 Å². The third-order valence-corrected chi connectivity index (χ3v) is 5.70. The molecule has 0 bridgehead atoms. The lowest BCUT2D eigenvalue weighted by Crippen LogP contribution is -2.38. The van der Waals surface area contributed by atoms with Gasteiger partial charge in [-0.3, -0.25) is 9.69 Å². The fourth-order valence-electron chi connectivity index (χ4n) is 3.85. The highest BCUT2D eigenvalue weighted by Gasteiger charge is 2.26. The van der Waals surface area contributed by atoms with E-state index < -0.39 is 0 Å². The summed E-state index contributed by atoms with van der Waals surface area (Å²) in [6, 6.07) is 12.0. The van der Waals surface area contributed by atoms with E-state index in [1.165, 1.54) is 18.4 Å². The van der Waals surface area contributed by atoms with Gasteiger partial charge in [-0.1, -0.05) is 12.1 Å². The average molecular weight is 396 g/mol. The normalized spacial score (nSPS) is 16.6. The predicted molar refractivity (Wildman–Crippen MR) is 111 cm³/mol. The second-order valence-electron chi connectivity index (χ2n) is 7.71. The molecular formula is C23H28N2O4. The summed E-state index contributed by atoms with van der Waals surface area (Å²) in [7, 11) is 0. The smallest absolute Gasteiger partial charge is 0.258 e. The van der Waals surface area contributed by atoms with E-state index in [1.54, 1.807) is 0 Å². The lowest BCUT2D eigenvalue weighted by molar-refractivity contribution is -0.123. The molecule has 0 spiro atoms. The SMILES string of the molecule is Cc1ccc(OCC(=O)NCC(c2ccc3c(c2)OCO3)N2CCCC2)cc1C. The van der Waals surface area contributed by atoms with Crippen molar-refractivity contribution >= 4 is 5.91 Å². The maximum atomic E-state index is 12.4. The fraction of sp³-hybridized carbons (Fsp3) is 0.435. The number of likely N-dealkylation sites (tertiary alicyclic amines) is 1. The summed E-state index contributed by atoms with van der Waals surface area (Å²) in [5.74, 6) is 2.15. The van der Waals surface area contributed by atoms with Gasteiger partial charge < -0.3 is 19.5 Å². The van der Waals surface area contributed by atoms with Crippen molar-refractivity contribution in [3.05, 3.63) is 53.1 Å². The molecule has 0 saturated carbocycles. The van der Waals surface area contributed by atoms with Crippen molar-refractivity contribution in [2.45, 2.75) is 32.7 Å². The average Bonchev–Trinajstić information content (AvgIpc) is 3.40. The molecule has 0 radical (unpaired) electrons. The molecule has 6 nitrogen and oxygen atoms in total. The summed E-state index contributed by atoms with van der Waals surface area (Å²) in [5, 5.41) is 3.04. The summed E-state index contributed by atoms with van der Waals surface area (Å²) < 4.78 is 16.6. The summed E-state index contributed by atoms with van der Waals surface area (Å²) in [6.07, 6.45) is 2.37. The number of hydrogen-bond donors (Lipinski definition) is 1. The van der Waals surface area contributed by atoms with Crippen LogP contribution in [0.4, 0.5) is 0 Å². The van der Waals surface area contributed by atoms with Crippen LogP contribution in [0.2, 0.25) is 0 Å². The minimum Gasteiger partial charge on any atom is -0.484 e. The molecule has 2 aliphatic heterocycles. The maximum absolute atomic E-state index is 12.4. The molecule has 1 N–H and O–H groups in total. The molecule has 0 aromatic heterocycles. The van der Waals surface area contributed by atoms with E-state index in [-0.39, 0.29) is 25.3 Å². The molecule has 1 amide bonds. The lowest BCUT2D eigenvalue weighted by atomic mass is 10.0. The van der Waals surface area contributed by atoms with E-state index in [2.05, 4.69) is 23.2 Å². The highest BCUT2D eigenvalue weighted by atomic mass is 16.7. The van der Waals surface area contributed by atoms with Gasteiger partial charge in [-0.25, -0.2) is 0 Å². The first-order valence-electron chi connectivity index (χ1n) is 10.2. The molecule has 154 valence electrons. The van der Waals surface area contributed by atoms with E-state index in [0.717, 1.165) is 41.5 Å². The van der Waals surface area contributed by atoms with Crippen LogP contribution in [-0.4, -0.2) is 43.8 Å². The highest BCUT2D eigenvalue weighted by Crippen LogP contribution is 2.36. The Labute approximate surface area is 171 Å². The fourth-order valence-corrected chi connectivity index (χ4v) is 3.85. The van der Waals surface area contributed by atoms with Crippen LogP contribution in [0, 0.1) is 13.8 Å². The Morgan fingerprint density at radius 3 is 2.66 bits per heavy atom. The largest absolute Gasteiger partial charge is 0.484 e. The van der Waals surface area contributed by atoms with Crippen LogP contribution in [0.5, 0.6) is 17.2 Å². The van der Waals surface area contributed by atoms with E-state index in [1.807, 2.05) is 37.3 Å². The van der Waals surface area contributed by atoms with Crippen LogP contribution in [0.25, 0.3) is 0 Å². The third kappa shape index (κ3) is 4.65. The van der Waals surface area contributed by atoms with Gasteiger partial charge >= 0.3 is 0 Å². The quantitative estimate of drug-likeness (QED) is 0.778. The van der Waals surface area contributed by atoms with E-state index >= 15 is 0 Å². The molecule has 2 heterocycles. The Morgan fingerprint density at radius 1 is 1.07 bits per heavy atom. The lowest BCUT2D eigenvalue weighted by Gasteiger charge is -2.28. The van der Waals surface area contributed by atoms with Crippen LogP contribution in [0.1, 0.15) is 35.6 Å². The standard InChI is InChI=1S/C23H28N2O4/c1-16-5-7-19(11-17(16)2)27-14-23(26)24-13-20(25-9-3-4-10-25)18-6-8-21-22(12-18)29-15-28-21/h5-8,11-12,20H,3-4,9-10,13-15H2,1-2H3,(H,24,26). The molecule has 29 heavy (non-hydrogen) atoms. The molecule has 1 fully saturated rings. The van der Waals surface area contributed by atoms with Gasteiger partial charge in [0.15, 0.2) is 18.1 Å². The van der Waals surface area contributed by atoms with Crippen LogP contribution in [0.3, 0.4) is 0 Å². The molecule has 6 heteroatoms. The number of amides is 1. The summed E-state index contributed by atoms with van der Waals surface area (Å²) in [4.78, 5) is 14.8. The van der Waals surface area contributed by atoms with E-state index in [9.17, 15) is 4.79 Å².